The third-order valence-electron chi connectivity index (χ3n) is 1.62. The Morgan fingerprint density at radius 3 is 1.53 bits per heavy atom. The van der Waals surface area contributed by atoms with Crippen LogP contribution in [0.4, 0.5) is 17.6 Å². The quantitative estimate of drug-likeness (QED) is 0.477. The van der Waals surface area contributed by atoms with Crippen LogP contribution in [0.2, 0.25) is 0 Å². The first-order valence-electron chi connectivity index (χ1n) is 3.98. The molecule has 4 nitrogen and oxygen atoms in total. The number of methoxy groups -OCH3 is 1. The van der Waals surface area contributed by atoms with Gasteiger partial charge in [0.05, 0.1) is 13.4 Å². The predicted octanol–water partition coefficient (Wildman–Crippen LogP) is 1.59. The van der Waals surface area contributed by atoms with Crippen molar-refractivity contribution >= 4 is 10.1 Å². The van der Waals surface area contributed by atoms with Crippen LogP contribution in [-0.4, -0.2) is 21.8 Å². The fourth-order valence-electron chi connectivity index (χ4n) is 0.995. The number of hydrogen-bond acceptors (Lipinski definition) is 4. The van der Waals surface area contributed by atoms with Gasteiger partial charge in [0, 0.05) is 0 Å². The van der Waals surface area contributed by atoms with E-state index in [0.29, 0.717) is 6.26 Å². The molecular weight excluding hydrogens is 268 g/mol. The van der Waals surface area contributed by atoms with Gasteiger partial charge in [-0.05, 0) is 0 Å². The van der Waals surface area contributed by atoms with E-state index in [1.165, 1.54) is 0 Å². The van der Waals surface area contributed by atoms with E-state index in [0.717, 1.165) is 7.11 Å². The zero-order chi connectivity index (χ0) is 13.4. The van der Waals surface area contributed by atoms with E-state index >= 15 is 0 Å². The van der Waals surface area contributed by atoms with Gasteiger partial charge in [-0.3, -0.25) is 0 Å². The first-order valence-corrected chi connectivity index (χ1v) is 5.80. The minimum absolute atomic E-state index is 0.464. The van der Waals surface area contributed by atoms with E-state index in [1.807, 2.05) is 0 Å². The van der Waals surface area contributed by atoms with Crippen LogP contribution >= 0.6 is 0 Å². The van der Waals surface area contributed by atoms with Gasteiger partial charge in [-0.25, -0.2) is 0 Å². The second-order valence-corrected chi connectivity index (χ2v) is 4.48. The molecular formula is C8H6F4O4S. The van der Waals surface area contributed by atoms with Gasteiger partial charge in [0.15, 0.2) is 5.75 Å². The summed E-state index contributed by atoms with van der Waals surface area (Å²) in [5.74, 6) is -10.7. The van der Waals surface area contributed by atoms with Gasteiger partial charge in [0.1, 0.15) is 0 Å². The van der Waals surface area contributed by atoms with E-state index in [1.54, 1.807) is 0 Å². The molecule has 17 heavy (non-hydrogen) atoms. The Morgan fingerprint density at radius 1 is 0.882 bits per heavy atom. The summed E-state index contributed by atoms with van der Waals surface area (Å²) in [6, 6.07) is 0. The zero-order valence-corrected chi connectivity index (χ0v) is 9.37. The minimum Gasteiger partial charge on any atom is -0.491 e. The maximum Gasteiger partial charge on any atom is 0.306 e. The molecule has 0 fully saturated rings. The molecule has 0 saturated heterocycles. The number of benzene rings is 1. The molecule has 0 bridgehead atoms. The maximum absolute atomic E-state index is 13.2. The van der Waals surface area contributed by atoms with Crippen molar-refractivity contribution in [2.75, 3.05) is 13.4 Å². The Bertz CT molecular complexity index is 526. The lowest BCUT2D eigenvalue weighted by atomic mass is 10.2. The summed E-state index contributed by atoms with van der Waals surface area (Å²) in [7, 11) is -3.54. The Balaban J connectivity index is 3.53. The predicted molar refractivity (Wildman–Crippen MR) is 48.3 cm³/mol. The second-order valence-electron chi connectivity index (χ2n) is 2.91. The number of halogens is 4. The van der Waals surface area contributed by atoms with Crippen LogP contribution in [0.1, 0.15) is 0 Å². The van der Waals surface area contributed by atoms with Crippen molar-refractivity contribution in [3.63, 3.8) is 0 Å². The lowest BCUT2D eigenvalue weighted by Crippen LogP contribution is -2.11. The highest BCUT2D eigenvalue weighted by Crippen LogP contribution is 2.34. The van der Waals surface area contributed by atoms with E-state index in [4.69, 9.17) is 0 Å². The highest BCUT2D eigenvalue weighted by atomic mass is 32.2. The lowest BCUT2D eigenvalue weighted by Gasteiger charge is -2.10. The van der Waals surface area contributed by atoms with Crippen LogP contribution in [0.5, 0.6) is 11.5 Å². The largest absolute Gasteiger partial charge is 0.491 e. The van der Waals surface area contributed by atoms with Crippen molar-refractivity contribution in [3.05, 3.63) is 23.3 Å². The van der Waals surface area contributed by atoms with E-state index in [2.05, 4.69) is 8.92 Å². The van der Waals surface area contributed by atoms with Crippen molar-refractivity contribution in [1.29, 1.82) is 0 Å². The molecule has 1 aromatic rings. The molecule has 0 atom stereocenters. The molecule has 0 aliphatic carbocycles. The average molecular weight is 274 g/mol. The van der Waals surface area contributed by atoms with Gasteiger partial charge in [0.25, 0.3) is 0 Å². The van der Waals surface area contributed by atoms with E-state index in [-0.39, 0.29) is 0 Å². The van der Waals surface area contributed by atoms with E-state index in [9.17, 15) is 26.0 Å². The van der Waals surface area contributed by atoms with Crippen molar-refractivity contribution < 1.29 is 34.9 Å². The number of hydrogen-bond donors (Lipinski definition) is 0. The van der Waals surface area contributed by atoms with Crippen molar-refractivity contribution in [2.24, 2.45) is 0 Å². The molecule has 0 aromatic heterocycles. The van der Waals surface area contributed by atoms with Gasteiger partial charge < -0.3 is 8.92 Å². The second kappa shape index (κ2) is 4.40. The topological polar surface area (TPSA) is 52.6 Å². The third kappa shape index (κ3) is 2.60. The molecule has 0 unspecified atom stereocenters. The highest BCUT2D eigenvalue weighted by Gasteiger charge is 2.29. The molecule has 96 valence electrons. The van der Waals surface area contributed by atoms with Crippen LogP contribution < -0.4 is 8.92 Å². The van der Waals surface area contributed by atoms with Gasteiger partial charge in [0.2, 0.25) is 29.0 Å². The van der Waals surface area contributed by atoms with Crippen LogP contribution in [0.15, 0.2) is 0 Å². The van der Waals surface area contributed by atoms with Crippen LogP contribution in [0, 0.1) is 23.3 Å². The fourth-order valence-corrected chi connectivity index (χ4v) is 1.44. The minimum atomic E-state index is -4.33. The van der Waals surface area contributed by atoms with Gasteiger partial charge >= 0.3 is 10.1 Å². The Hall–Kier alpha value is -1.51. The molecule has 0 aliphatic heterocycles. The standard InChI is InChI=1S/C8H6F4O4S/c1-15-7-3(9)5(11)8(6(12)4(7)10)16-17(2,13)14/h1-2H3. The lowest BCUT2D eigenvalue weighted by molar-refractivity contribution is 0.319. The zero-order valence-electron chi connectivity index (χ0n) is 8.55. The Kier molecular flexibility index (Phi) is 3.51. The highest BCUT2D eigenvalue weighted by molar-refractivity contribution is 7.86. The molecule has 0 N–H and O–H groups in total. The molecule has 1 aromatic carbocycles. The normalized spacial score (nSPS) is 11.4. The fraction of sp³-hybridized carbons (Fsp3) is 0.250. The van der Waals surface area contributed by atoms with Crippen LogP contribution in [-0.2, 0) is 10.1 Å². The number of ether oxygens (including phenoxy) is 1. The molecule has 0 radical (unpaired) electrons. The maximum atomic E-state index is 13.2. The first-order chi connectivity index (χ1) is 7.69. The van der Waals surface area contributed by atoms with Crippen molar-refractivity contribution in [1.82, 2.24) is 0 Å². The Morgan fingerprint density at radius 2 is 1.24 bits per heavy atom. The molecule has 0 heterocycles. The summed E-state index contributed by atoms with van der Waals surface area (Å²) in [6.45, 7) is 0. The summed E-state index contributed by atoms with van der Waals surface area (Å²) in [6.07, 6.45) is 0.464. The van der Waals surface area contributed by atoms with Crippen LogP contribution in [0.25, 0.3) is 0 Å². The van der Waals surface area contributed by atoms with Gasteiger partial charge in [-0.1, -0.05) is 0 Å². The summed E-state index contributed by atoms with van der Waals surface area (Å²) < 4.78 is 81.7. The molecule has 0 spiro atoms. The smallest absolute Gasteiger partial charge is 0.306 e. The van der Waals surface area contributed by atoms with Crippen molar-refractivity contribution in [2.45, 2.75) is 0 Å². The monoisotopic (exact) mass is 274 g/mol. The SMILES string of the molecule is COc1c(F)c(F)c(OS(C)(=O)=O)c(F)c1F. The molecule has 0 aliphatic rings. The van der Waals surface area contributed by atoms with Gasteiger partial charge in [-0.2, -0.15) is 26.0 Å². The van der Waals surface area contributed by atoms with Crippen LogP contribution in [0.3, 0.4) is 0 Å². The summed E-state index contributed by atoms with van der Waals surface area (Å²) in [5, 5.41) is 0. The summed E-state index contributed by atoms with van der Waals surface area (Å²) >= 11 is 0. The van der Waals surface area contributed by atoms with Crippen molar-refractivity contribution in [3.8, 4) is 11.5 Å². The summed E-state index contributed by atoms with van der Waals surface area (Å²) in [4.78, 5) is 0. The molecule has 0 saturated carbocycles. The summed E-state index contributed by atoms with van der Waals surface area (Å²) in [5.41, 5.74) is 0. The molecule has 9 heteroatoms. The van der Waals surface area contributed by atoms with E-state index < -0.39 is 44.9 Å². The number of rotatable bonds is 3. The molecule has 0 amide bonds. The molecule has 1 rings (SSSR count). The first kappa shape index (κ1) is 13.6. The average Bonchev–Trinajstić information content (AvgIpc) is 2.21. The third-order valence-corrected chi connectivity index (χ3v) is 2.09. The van der Waals surface area contributed by atoms with Gasteiger partial charge in [-0.15, -0.1) is 0 Å². The Labute approximate surface area is 93.9 Å².